The molecule has 0 amide bonds. The highest BCUT2D eigenvalue weighted by molar-refractivity contribution is 14.1. The first-order chi connectivity index (χ1) is 7.28. The molecule has 1 aromatic carbocycles. The number of hydrogen-bond acceptors (Lipinski definition) is 2. The monoisotopic (exact) mass is 314 g/mol. The third-order valence-electron chi connectivity index (χ3n) is 2.13. The quantitative estimate of drug-likeness (QED) is 0.881. The van der Waals surface area contributed by atoms with E-state index in [1.807, 2.05) is 10.8 Å². The van der Waals surface area contributed by atoms with Crippen LogP contribution in [0.25, 0.3) is 0 Å². The van der Waals surface area contributed by atoms with E-state index < -0.39 is 0 Å². The summed E-state index contributed by atoms with van der Waals surface area (Å²) in [5.74, 6) is 0. The number of rotatable bonds is 3. The van der Waals surface area contributed by atoms with Gasteiger partial charge in [-0.05, 0) is 40.3 Å². The molecule has 0 aliphatic heterocycles. The van der Waals surface area contributed by atoms with Gasteiger partial charge in [-0.1, -0.05) is 12.1 Å². The molecule has 0 aliphatic carbocycles. The Kier molecular flexibility index (Phi) is 3.37. The molecule has 1 heterocycles. The highest BCUT2D eigenvalue weighted by atomic mass is 127. The number of aromatic nitrogens is 2. The van der Waals surface area contributed by atoms with E-state index in [-0.39, 0.29) is 6.61 Å². The number of benzene rings is 1. The number of halogens is 1. The van der Waals surface area contributed by atoms with Gasteiger partial charge in [-0.2, -0.15) is 0 Å². The van der Waals surface area contributed by atoms with Gasteiger partial charge in [0.15, 0.2) is 0 Å². The summed E-state index contributed by atoms with van der Waals surface area (Å²) in [5, 5.41) is 8.88. The van der Waals surface area contributed by atoms with Crippen molar-refractivity contribution in [2.75, 3.05) is 0 Å². The third kappa shape index (κ3) is 2.79. The molecule has 0 aliphatic rings. The lowest BCUT2D eigenvalue weighted by molar-refractivity contribution is 0.277. The lowest BCUT2D eigenvalue weighted by Crippen LogP contribution is -1.96. The number of nitrogens with zero attached hydrogens (tertiary/aromatic N) is 2. The minimum Gasteiger partial charge on any atom is -0.390 e. The van der Waals surface area contributed by atoms with Crippen LogP contribution in [0.1, 0.15) is 11.3 Å². The van der Waals surface area contributed by atoms with Gasteiger partial charge >= 0.3 is 0 Å². The van der Waals surface area contributed by atoms with Crippen molar-refractivity contribution in [1.29, 1.82) is 0 Å². The molecule has 78 valence electrons. The molecular formula is C11H11IN2O. The van der Waals surface area contributed by atoms with Gasteiger partial charge in [0.05, 0.1) is 18.6 Å². The first-order valence-electron chi connectivity index (χ1n) is 4.64. The van der Waals surface area contributed by atoms with E-state index in [0.29, 0.717) is 5.69 Å². The fourth-order valence-electron chi connectivity index (χ4n) is 1.38. The number of imidazole rings is 1. The highest BCUT2D eigenvalue weighted by Gasteiger charge is 1.98. The van der Waals surface area contributed by atoms with Gasteiger partial charge in [-0.3, -0.25) is 0 Å². The second kappa shape index (κ2) is 4.76. The second-order valence-electron chi connectivity index (χ2n) is 3.32. The van der Waals surface area contributed by atoms with E-state index in [9.17, 15) is 0 Å². The third-order valence-corrected chi connectivity index (χ3v) is 2.85. The van der Waals surface area contributed by atoms with Gasteiger partial charge in [0, 0.05) is 16.3 Å². The van der Waals surface area contributed by atoms with Crippen LogP contribution in [0, 0.1) is 3.57 Å². The van der Waals surface area contributed by atoms with Crippen molar-refractivity contribution < 1.29 is 5.11 Å². The molecule has 15 heavy (non-hydrogen) atoms. The Balaban J connectivity index is 2.11. The molecule has 0 radical (unpaired) electrons. The Hall–Kier alpha value is -0.880. The fraction of sp³-hybridized carbons (Fsp3) is 0.182. The molecule has 0 atom stereocenters. The normalized spacial score (nSPS) is 10.5. The minimum atomic E-state index is -0.000309. The van der Waals surface area contributed by atoms with Gasteiger partial charge in [0.1, 0.15) is 0 Å². The molecule has 0 fully saturated rings. The smallest absolute Gasteiger partial charge is 0.0953 e. The van der Waals surface area contributed by atoms with E-state index in [1.54, 1.807) is 6.33 Å². The maximum absolute atomic E-state index is 8.88. The Morgan fingerprint density at radius 1 is 1.27 bits per heavy atom. The molecule has 1 N–H and O–H groups in total. The SMILES string of the molecule is OCc1cn(Cc2ccc(I)cc2)cn1. The highest BCUT2D eigenvalue weighted by Crippen LogP contribution is 2.08. The Morgan fingerprint density at radius 2 is 2.00 bits per heavy atom. The summed E-state index contributed by atoms with van der Waals surface area (Å²) in [5.41, 5.74) is 1.94. The zero-order chi connectivity index (χ0) is 10.7. The predicted octanol–water partition coefficient (Wildman–Crippen LogP) is 2.03. The van der Waals surface area contributed by atoms with Gasteiger partial charge in [0.25, 0.3) is 0 Å². The Bertz CT molecular complexity index is 436. The summed E-state index contributed by atoms with van der Waals surface area (Å²) in [6.07, 6.45) is 3.60. The molecule has 0 bridgehead atoms. The van der Waals surface area contributed by atoms with Crippen LogP contribution in [-0.2, 0) is 13.2 Å². The largest absolute Gasteiger partial charge is 0.390 e. The van der Waals surface area contributed by atoms with Crippen molar-refractivity contribution in [3.63, 3.8) is 0 Å². The average Bonchev–Trinajstić information content (AvgIpc) is 2.69. The number of aliphatic hydroxyl groups is 1. The van der Waals surface area contributed by atoms with Crippen LogP contribution in [0.3, 0.4) is 0 Å². The van der Waals surface area contributed by atoms with Crippen molar-refractivity contribution in [2.45, 2.75) is 13.2 Å². The first kappa shape index (κ1) is 10.6. The number of aliphatic hydroxyl groups excluding tert-OH is 1. The van der Waals surface area contributed by atoms with E-state index in [0.717, 1.165) is 6.54 Å². The predicted molar refractivity (Wildman–Crippen MR) is 66.4 cm³/mol. The van der Waals surface area contributed by atoms with Crippen molar-refractivity contribution in [2.24, 2.45) is 0 Å². The summed E-state index contributed by atoms with van der Waals surface area (Å²) < 4.78 is 3.20. The molecule has 4 heteroatoms. The fourth-order valence-corrected chi connectivity index (χ4v) is 1.73. The summed E-state index contributed by atoms with van der Waals surface area (Å²) in [7, 11) is 0. The molecular weight excluding hydrogens is 303 g/mol. The maximum Gasteiger partial charge on any atom is 0.0953 e. The average molecular weight is 314 g/mol. The van der Waals surface area contributed by atoms with E-state index in [2.05, 4.69) is 51.8 Å². The summed E-state index contributed by atoms with van der Waals surface area (Å²) in [4.78, 5) is 4.06. The molecule has 0 saturated heterocycles. The Morgan fingerprint density at radius 3 is 2.60 bits per heavy atom. The van der Waals surface area contributed by atoms with Crippen LogP contribution in [-0.4, -0.2) is 14.7 Å². The summed E-state index contributed by atoms with van der Waals surface area (Å²) in [6, 6.07) is 8.36. The van der Waals surface area contributed by atoms with Gasteiger partial charge in [-0.25, -0.2) is 4.98 Å². The van der Waals surface area contributed by atoms with E-state index >= 15 is 0 Å². The zero-order valence-electron chi connectivity index (χ0n) is 8.10. The Labute approximate surface area is 102 Å². The molecule has 0 unspecified atom stereocenters. The van der Waals surface area contributed by atoms with Crippen LogP contribution in [0.5, 0.6) is 0 Å². The molecule has 3 nitrogen and oxygen atoms in total. The van der Waals surface area contributed by atoms with E-state index in [1.165, 1.54) is 9.13 Å². The van der Waals surface area contributed by atoms with Crippen LogP contribution in [0.4, 0.5) is 0 Å². The molecule has 0 spiro atoms. The topological polar surface area (TPSA) is 38.0 Å². The molecule has 2 rings (SSSR count). The zero-order valence-corrected chi connectivity index (χ0v) is 10.3. The van der Waals surface area contributed by atoms with Crippen molar-refractivity contribution in [3.05, 3.63) is 51.6 Å². The number of hydrogen-bond donors (Lipinski definition) is 1. The standard InChI is InChI=1S/C11H11IN2O/c12-10-3-1-9(2-4-10)5-14-6-11(7-15)13-8-14/h1-4,6,8,15H,5,7H2. The van der Waals surface area contributed by atoms with Gasteiger partial charge in [-0.15, -0.1) is 0 Å². The first-order valence-corrected chi connectivity index (χ1v) is 5.72. The van der Waals surface area contributed by atoms with Crippen LogP contribution in [0.2, 0.25) is 0 Å². The maximum atomic E-state index is 8.88. The second-order valence-corrected chi connectivity index (χ2v) is 4.57. The van der Waals surface area contributed by atoms with Crippen LogP contribution in [0.15, 0.2) is 36.8 Å². The summed E-state index contributed by atoms with van der Waals surface area (Å²) in [6.45, 7) is 0.795. The summed E-state index contributed by atoms with van der Waals surface area (Å²) >= 11 is 2.29. The van der Waals surface area contributed by atoms with Crippen LogP contribution < -0.4 is 0 Å². The van der Waals surface area contributed by atoms with Crippen LogP contribution >= 0.6 is 22.6 Å². The van der Waals surface area contributed by atoms with Crippen molar-refractivity contribution in [1.82, 2.24) is 9.55 Å². The lowest BCUT2D eigenvalue weighted by Gasteiger charge is -2.02. The van der Waals surface area contributed by atoms with Gasteiger partial charge in [0.2, 0.25) is 0 Å². The van der Waals surface area contributed by atoms with Gasteiger partial charge < -0.3 is 9.67 Å². The lowest BCUT2D eigenvalue weighted by atomic mass is 10.2. The van der Waals surface area contributed by atoms with E-state index in [4.69, 9.17) is 5.11 Å². The molecule has 1 aromatic heterocycles. The molecule has 2 aromatic rings. The minimum absolute atomic E-state index is 0.000309. The molecule has 0 saturated carbocycles. The van der Waals surface area contributed by atoms with Crippen molar-refractivity contribution in [3.8, 4) is 0 Å². The van der Waals surface area contributed by atoms with Crippen molar-refractivity contribution >= 4 is 22.6 Å².